The van der Waals surface area contributed by atoms with E-state index in [1.54, 1.807) is 26.2 Å². The molecule has 1 aliphatic heterocycles. The number of nitrogens with zero attached hydrogens (tertiary/aromatic N) is 4. The van der Waals surface area contributed by atoms with E-state index < -0.39 is 6.29 Å². The van der Waals surface area contributed by atoms with Gasteiger partial charge >= 0.3 is 6.03 Å². The van der Waals surface area contributed by atoms with E-state index in [1.807, 2.05) is 6.07 Å². The Balaban J connectivity index is 1.59. The summed E-state index contributed by atoms with van der Waals surface area (Å²) in [5.41, 5.74) is 3.17. The molecule has 10 nitrogen and oxygen atoms in total. The molecule has 1 fully saturated rings. The smallest absolute Gasteiger partial charge is 0.328 e. The van der Waals surface area contributed by atoms with Gasteiger partial charge in [0.1, 0.15) is 41.3 Å². The number of aromatic nitrogens is 2. The van der Waals surface area contributed by atoms with Crippen LogP contribution in [0.15, 0.2) is 18.3 Å². The number of fused-ring (bicyclic) bond motifs is 1. The summed E-state index contributed by atoms with van der Waals surface area (Å²) in [5.74, 6) is 1.68. The van der Waals surface area contributed by atoms with E-state index in [1.165, 1.54) is 12.3 Å². The molecular formula is C24H29N5O5. The monoisotopic (exact) mass is 467 g/mol. The molecule has 2 aromatic heterocycles. The lowest BCUT2D eigenvalue weighted by atomic mass is 9.99. The number of methoxy groups -OCH3 is 3. The lowest BCUT2D eigenvalue weighted by molar-refractivity contribution is -0.109. The third-order valence-corrected chi connectivity index (χ3v) is 5.90. The van der Waals surface area contributed by atoms with E-state index in [2.05, 4.69) is 16.4 Å². The van der Waals surface area contributed by atoms with Gasteiger partial charge in [-0.2, -0.15) is 5.26 Å². The third kappa shape index (κ3) is 5.12. The first-order chi connectivity index (χ1) is 16.6. The van der Waals surface area contributed by atoms with Crippen LogP contribution < -0.4 is 15.0 Å². The first-order valence-corrected chi connectivity index (χ1v) is 11.3. The molecule has 2 aliphatic rings. The molecule has 0 unspecified atom stereocenters. The van der Waals surface area contributed by atoms with Crippen molar-refractivity contribution in [2.75, 3.05) is 51.3 Å². The average Bonchev–Trinajstić information content (AvgIpc) is 3.70. The van der Waals surface area contributed by atoms with Gasteiger partial charge in [-0.25, -0.2) is 14.8 Å². The second-order valence-corrected chi connectivity index (χ2v) is 8.23. The molecule has 1 N–H and O–H groups in total. The van der Waals surface area contributed by atoms with Gasteiger partial charge in [-0.15, -0.1) is 0 Å². The summed E-state index contributed by atoms with van der Waals surface area (Å²) in [6.45, 7) is 1.17. The summed E-state index contributed by atoms with van der Waals surface area (Å²) in [7, 11) is 4.73. The molecule has 0 spiro atoms. The summed E-state index contributed by atoms with van der Waals surface area (Å²) in [5, 5.41) is 12.1. The molecule has 0 radical (unpaired) electrons. The highest BCUT2D eigenvalue weighted by molar-refractivity contribution is 6.01. The van der Waals surface area contributed by atoms with Crippen LogP contribution in [0, 0.1) is 11.3 Å². The minimum atomic E-state index is -0.597. The van der Waals surface area contributed by atoms with Crippen LogP contribution in [0.25, 0.3) is 0 Å². The normalized spacial score (nSPS) is 15.1. The van der Waals surface area contributed by atoms with Crippen LogP contribution in [-0.4, -0.2) is 57.1 Å². The molecule has 3 heterocycles. The van der Waals surface area contributed by atoms with Crippen molar-refractivity contribution in [1.82, 2.24) is 9.97 Å². The van der Waals surface area contributed by atoms with E-state index >= 15 is 0 Å². The molecule has 2 aromatic rings. The molecule has 0 bridgehead atoms. The molecule has 0 aromatic carbocycles. The Kier molecular flexibility index (Phi) is 7.57. The number of anilines is 2. The highest BCUT2D eigenvalue weighted by Gasteiger charge is 2.34. The lowest BCUT2D eigenvalue weighted by Crippen LogP contribution is -2.40. The van der Waals surface area contributed by atoms with Crippen LogP contribution in [0.5, 0.6) is 5.75 Å². The number of urea groups is 1. The SMILES string of the molecule is COCCOc1cc(NC(=O)N2CCCc3cc(C4CC4)c(C(OC)OC)nc32)ncc1C#N. The average molecular weight is 468 g/mol. The van der Waals surface area contributed by atoms with Crippen LogP contribution in [0.4, 0.5) is 16.4 Å². The Morgan fingerprint density at radius 1 is 1.26 bits per heavy atom. The van der Waals surface area contributed by atoms with E-state index in [4.69, 9.17) is 23.9 Å². The van der Waals surface area contributed by atoms with Crippen LogP contribution in [0.1, 0.15) is 53.9 Å². The minimum absolute atomic E-state index is 0.276. The Bertz CT molecular complexity index is 1080. The second-order valence-electron chi connectivity index (χ2n) is 8.23. The van der Waals surface area contributed by atoms with Gasteiger partial charge in [0.15, 0.2) is 0 Å². The zero-order chi connectivity index (χ0) is 24.1. The summed E-state index contributed by atoms with van der Waals surface area (Å²) in [6, 6.07) is 5.38. The molecule has 1 saturated carbocycles. The van der Waals surface area contributed by atoms with Gasteiger partial charge in [0.2, 0.25) is 6.29 Å². The highest BCUT2D eigenvalue weighted by atomic mass is 16.7. The molecule has 0 atom stereocenters. The van der Waals surface area contributed by atoms with Gasteiger partial charge in [0.05, 0.1) is 12.8 Å². The summed E-state index contributed by atoms with van der Waals surface area (Å²) >= 11 is 0. The number of carbonyl (C=O) groups is 1. The Hall–Kier alpha value is -3.26. The van der Waals surface area contributed by atoms with Crippen molar-refractivity contribution >= 4 is 17.7 Å². The number of rotatable bonds is 9. The number of hydrogen-bond donors (Lipinski definition) is 1. The lowest BCUT2D eigenvalue weighted by Gasteiger charge is -2.30. The van der Waals surface area contributed by atoms with Gasteiger partial charge in [0.25, 0.3) is 0 Å². The van der Waals surface area contributed by atoms with Crippen LogP contribution in [-0.2, 0) is 20.6 Å². The molecule has 2 amide bonds. The zero-order valence-electron chi connectivity index (χ0n) is 19.7. The number of aryl methyl sites for hydroxylation is 1. The zero-order valence-corrected chi connectivity index (χ0v) is 19.7. The fourth-order valence-corrected chi connectivity index (χ4v) is 4.08. The predicted molar refractivity (Wildman–Crippen MR) is 124 cm³/mol. The van der Waals surface area contributed by atoms with E-state index in [0.717, 1.165) is 42.5 Å². The summed E-state index contributed by atoms with van der Waals surface area (Å²) < 4.78 is 21.6. The number of carbonyl (C=O) groups excluding carboxylic acids is 1. The van der Waals surface area contributed by atoms with Crippen LogP contribution in [0.3, 0.4) is 0 Å². The molecule has 1 aliphatic carbocycles. The van der Waals surface area contributed by atoms with Crippen molar-refractivity contribution in [3.05, 3.63) is 40.7 Å². The number of nitriles is 1. The van der Waals surface area contributed by atoms with Gasteiger partial charge in [-0.05, 0) is 48.8 Å². The van der Waals surface area contributed by atoms with Crippen molar-refractivity contribution in [1.29, 1.82) is 5.26 Å². The predicted octanol–water partition coefficient (Wildman–Crippen LogP) is 3.53. The number of ether oxygens (including phenoxy) is 4. The molecule has 180 valence electrons. The maximum absolute atomic E-state index is 13.3. The number of nitrogens with one attached hydrogen (secondary N) is 1. The van der Waals surface area contributed by atoms with Crippen molar-refractivity contribution in [3.63, 3.8) is 0 Å². The molecule has 4 rings (SSSR count). The molecule has 0 saturated heterocycles. The van der Waals surface area contributed by atoms with E-state index in [0.29, 0.717) is 30.6 Å². The minimum Gasteiger partial charge on any atom is -0.490 e. The highest BCUT2D eigenvalue weighted by Crippen LogP contribution is 2.45. The Morgan fingerprint density at radius 2 is 2.06 bits per heavy atom. The Labute approximate surface area is 198 Å². The van der Waals surface area contributed by atoms with E-state index in [-0.39, 0.29) is 24.0 Å². The number of pyridine rings is 2. The van der Waals surface area contributed by atoms with Crippen molar-refractivity contribution in [2.24, 2.45) is 0 Å². The first-order valence-electron chi connectivity index (χ1n) is 11.3. The summed E-state index contributed by atoms with van der Waals surface area (Å²) in [4.78, 5) is 23.9. The first kappa shape index (κ1) is 23.9. The topological polar surface area (TPSA) is 119 Å². The number of hydrogen-bond acceptors (Lipinski definition) is 8. The largest absolute Gasteiger partial charge is 0.490 e. The fraction of sp³-hybridized carbons (Fsp3) is 0.500. The third-order valence-electron chi connectivity index (χ3n) is 5.90. The fourth-order valence-electron chi connectivity index (χ4n) is 4.08. The van der Waals surface area contributed by atoms with Gasteiger partial charge < -0.3 is 18.9 Å². The Morgan fingerprint density at radius 3 is 2.74 bits per heavy atom. The van der Waals surface area contributed by atoms with Crippen LogP contribution >= 0.6 is 0 Å². The van der Waals surface area contributed by atoms with E-state index in [9.17, 15) is 10.1 Å². The molecule has 34 heavy (non-hydrogen) atoms. The summed E-state index contributed by atoms with van der Waals surface area (Å²) in [6.07, 6.45) is 4.70. The van der Waals surface area contributed by atoms with Crippen molar-refractivity contribution in [2.45, 2.75) is 37.9 Å². The number of amides is 2. The van der Waals surface area contributed by atoms with Gasteiger partial charge in [-0.1, -0.05) is 0 Å². The van der Waals surface area contributed by atoms with Gasteiger partial charge in [0, 0.05) is 33.9 Å². The van der Waals surface area contributed by atoms with Gasteiger partial charge in [-0.3, -0.25) is 10.2 Å². The maximum Gasteiger partial charge on any atom is 0.328 e. The molecule has 10 heteroatoms. The second kappa shape index (κ2) is 10.8. The van der Waals surface area contributed by atoms with Crippen molar-refractivity contribution < 1.29 is 23.7 Å². The standard InChI is InChI=1S/C24H29N5O5/c1-31-9-10-34-19-12-20(26-14-17(19)13-25)27-24(30)29-8-4-5-16-11-18(15-6-7-15)21(28-22(16)29)23(32-2)33-3/h11-12,14-15,23H,4-10H2,1-3H3,(H,26,27,30). The van der Waals surface area contributed by atoms with Crippen molar-refractivity contribution in [3.8, 4) is 11.8 Å². The van der Waals surface area contributed by atoms with Crippen LogP contribution in [0.2, 0.25) is 0 Å². The molecular weight excluding hydrogens is 438 g/mol. The maximum atomic E-state index is 13.3. The quantitative estimate of drug-likeness (QED) is 0.439.